The van der Waals surface area contributed by atoms with E-state index in [0.29, 0.717) is 33.3 Å². The predicted molar refractivity (Wildman–Crippen MR) is 81.5 cm³/mol. The number of hydrogen-bond acceptors (Lipinski definition) is 5. The molecule has 5 nitrogen and oxygen atoms in total. The van der Waals surface area contributed by atoms with Crippen molar-refractivity contribution in [3.63, 3.8) is 0 Å². The Morgan fingerprint density at radius 2 is 2.05 bits per heavy atom. The molecule has 0 amide bonds. The monoisotopic (exact) mass is 302 g/mol. The topological polar surface area (TPSA) is 78.3 Å². The third kappa shape index (κ3) is 2.62. The molecule has 1 unspecified atom stereocenters. The number of hydrogen-bond donors (Lipinski definition) is 1. The SMILES string of the molecule is COc1ccccc1S(=O)Cc1nc2c(N)cccc2o1. The van der Waals surface area contributed by atoms with Crippen LogP contribution >= 0.6 is 0 Å². The maximum atomic E-state index is 12.5. The van der Waals surface area contributed by atoms with E-state index in [0.717, 1.165) is 0 Å². The summed E-state index contributed by atoms with van der Waals surface area (Å²) in [6.07, 6.45) is 0. The molecule has 0 fully saturated rings. The molecule has 0 bridgehead atoms. The van der Waals surface area contributed by atoms with Gasteiger partial charge >= 0.3 is 0 Å². The van der Waals surface area contributed by atoms with Crippen LogP contribution in [0.4, 0.5) is 5.69 Å². The van der Waals surface area contributed by atoms with E-state index in [1.165, 1.54) is 0 Å². The van der Waals surface area contributed by atoms with Crippen molar-refractivity contribution < 1.29 is 13.4 Å². The first-order valence-electron chi connectivity index (χ1n) is 6.34. The minimum absolute atomic E-state index is 0.175. The predicted octanol–water partition coefficient (Wildman–Crippen LogP) is 2.73. The molecular formula is C15H14N2O3S. The van der Waals surface area contributed by atoms with E-state index in [4.69, 9.17) is 14.9 Å². The van der Waals surface area contributed by atoms with Crippen LogP contribution in [0.15, 0.2) is 51.8 Å². The molecule has 21 heavy (non-hydrogen) atoms. The third-order valence-corrected chi connectivity index (χ3v) is 4.40. The van der Waals surface area contributed by atoms with Gasteiger partial charge in [0.05, 0.1) is 28.5 Å². The van der Waals surface area contributed by atoms with E-state index in [9.17, 15) is 4.21 Å². The number of fused-ring (bicyclic) bond motifs is 1. The van der Waals surface area contributed by atoms with Gasteiger partial charge in [0, 0.05) is 0 Å². The Hall–Kier alpha value is -2.34. The minimum Gasteiger partial charge on any atom is -0.495 e. The number of methoxy groups -OCH3 is 1. The summed E-state index contributed by atoms with van der Waals surface area (Å²) >= 11 is 0. The lowest BCUT2D eigenvalue weighted by Crippen LogP contribution is -1.99. The van der Waals surface area contributed by atoms with Gasteiger partial charge in [-0.1, -0.05) is 18.2 Å². The van der Waals surface area contributed by atoms with E-state index < -0.39 is 10.8 Å². The Bertz CT molecular complexity index is 814. The first kappa shape index (κ1) is 13.6. The molecular weight excluding hydrogens is 288 g/mol. The standard InChI is InChI=1S/C15H14N2O3S/c1-19-11-6-2-3-8-13(11)21(18)9-14-17-15-10(16)5-4-7-12(15)20-14/h2-8H,9,16H2,1H3. The van der Waals surface area contributed by atoms with Crippen LogP contribution in [0.1, 0.15) is 5.89 Å². The summed E-state index contributed by atoms with van der Waals surface area (Å²) in [6, 6.07) is 12.5. The van der Waals surface area contributed by atoms with Gasteiger partial charge < -0.3 is 14.9 Å². The van der Waals surface area contributed by atoms with Gasteiger partial charge in [-0.3, -0.25) is 4.21 Å². The second-order valence-corrected chi connectivity index (χ2v) is 5.86. The van der Waals surface area contributed by atoms with Crippen LogP contribution in [0.2, 0.25) is 0 Å². The second-order valence-electron chi connectivity index (χ2n) is 4.44. The highest BCUT2D eigenvalue weighted by Gasteiger charge is 2.15. The summed E-state index contributed by atoms with van der Waals surface area (Å²) in [6.45, 7) is 0. The normalized spacial score (nSPS) is 12.4. The first-order chi connectivity index (χ1) is 10.2. The number of ether oxygens (including phenoxy) is 1. The van der Waals surface area contributed by atoms with Crippen molar-refractivity contribution in [2.45, 2.75) is 10.6 Å². The summed E-state index contributed by atoms with van der Waals surface area (Å²) in [5, 5.41) is 0. The van der Waals surface area contributed by atoms with Gasteiger partial charge in [0.25, 0.3) is 0 Å². The molecule has 3 aromatic rings. The van der Waals surface area contributed by atoms with Crippen molar-refractivity contribution in [1.82, 2.24) is 4.98 Å². The van der Waals surface area contributed by atoms with Crippen molar-refractivity contribution in [3.05, 3.63) is 48.4 Å². The molecule has 0 radical (unpaired) electrons. The number of nitrogens with two attached hydrogens (primary N) is 1. The molecule has 108 valence electrons. The lowest BCUT2D eigenvalue weighted by atomic mass is 10.3. The highest BCUT2D eigenvalue weighted by Crippen LogP contribution is 2.26. The fourth-order valence-electron chi connectivity index (χ4n) is 2.07. The highest BCUT2D eigenvalue weighted by molar-refractivity contribution is 7.84. The lowest BCUT2D eigenvalue weighted by molar-refractivity contribution is 0.404. The zero-order chi connectivity index (χ0) is 14.8. The number of oxazole rings is 1. The third-order valence-electron chi connectivity index (χ3n) is 3.06. The number of aromatic nitrogens is 1. The van der Waals surface area contributed by atoms with Crippen LogP contribution in [0.25, 0.3) is 11.1 Å². The molecule has 1 heterocycles. The molecule has 1 atom stereocenters. The van der Waals surface area contributed by atoms with Gasteiger partial charge in [-0.15, -0.1) is 0 Å². The van der Waals surface area contributed by atoms with E-state index in [2.05, 4.69) is 4.98 Å². The molecule has 2 N–H and O–H groups in total. The molecule has 0 saturated carbocycles. The minimum atomic E-state index is -1.30. The summed E-state index contributed by atoms with van der Waals surface area (Å²) in [7, 11) is 0.251. The maximum absolute atomic E-state index is 12.5. The highest BCUT2D eigenvalue weighted by atomic mass is 32.2. The quantitative estimate of drug-likeness (QED) is 0.750. The molecule has 3 rings (SSSR count). The number of nitrogens with zero attached hydrogens (tertiary/aromatic N) is 1. The van der Waals surface area contributed by atoms with Gasteiger partial charge in [0.1, 0.15) is 17.0 Å². The Balaban J connectivity index is 1.91. The molecule has 0 spiro atoms. The Labute approximate surface area is 124 Å². The van der Waals surface area contributed by atoms with E-state index >= 15 is 0 Å². The van der Waals surface area contributed by atoms with E-state index in [1.54, 1.807) is 37.4 Å². The molecule has 0 aliphatic heterocycles. The van der Waals surface area contributed by atoms with Crippen LogP contribution in [-0.2, 0) is 16.6 Å². The van der Waals surface area contributed by atoms with Gasteiger partial charge in [-0.2, -0.15) is 0 Å². The fraction of sp³-hybridized carbons (Fsp3) is 0.133. The smallest absolute Gasteiger partial charge is 0.208 e. The molecule has 2 aromatic carbocycles. The van der Waals surface area contributed by atoms with Crippen LogP contribution in [0, 0.1) is 0 Å². The Morgan fingerprint density at radius 3 is 2.81 bits per heavy atom. The van der Waals surface area contributed by atoms with Crippen LogP contribution < -0.4 is 10.5 Å². The average molecular weight is 302 g/mol. The fourth-order valence-corrected chi connectivity index (χ4v) is 3.18. The van der Waals surface area contributed by atoms with Crippen molar-refractivity contribution in [1.29, 1.82) is 0 Å². The number of para-hydroxylation sites is 2. The molecule has 0 saturated heterocycles. The number of rotatable bonds is 4. The molecule has 0 aliphatic rings. The van der Waals surface area contributed by atoms with Crippen molar-refractivity contribution in [2.75, 3.05) is 12.8 Å². The first-order valence-corrected chi connectivity index (χ1v) is 7.66. The van der Waals surface area contributed by atoms with Gasteiger partial charge in [-0.05, 0) is 24.3 Å². The van der Waals surface area contributed by atoms with E-state index in [1.807, 2.05) is 12.1 Å². The molecule has 1 aromatic heterocycles. The molecule has 0 aliphatic carbocycles. The van der Waals surface area contributed by atoms with Crippen LogP contribution in [0.3, 0.4) is 0 Å². The average Bonchev–Trinajstić information content (AvgIpc) is 2.91. The van der Waals surface area contributed by atoms with Crippen molar-refractivity contribution in [2.24, 2.45) is 0 Å². The maximum Gasteiger partial charge on any atom is 0.208 e. The van der Waals surface area contributed by atoms with E-state index in [-0.39, 0.29) is 5.75 Å². The summed E-state index contributed by atoms with van der Waals surface area (Å²) in [5.74, 6) is 1.16. The number of nitrogen functional groups attached to an aromatic ring is 1. The van der Waals surface area contributed by atoms with Gasteiger partial charge in [-0.25, -0.2) is 4.98 Å². The summed E-state index contributed by atoms with van der Waals surface area (Å²) < 4.78 is 23.3. The number of anilines is 1. The summed E-state index contributed by atoms with van der Waals surface area (Å²) in [5.41, 5.74) is 7.59. The van der Waals surface area contributed by atoms with Gasteiger partial charge in [0.2, 0.25) is 5.89 Å². The molecule has 6 heteroatoms. The van der Waals surface area contributed by atoms with Crippen LogP contribution in [0.5, 0.6) is 5.75 Å². The van der Waals surface area contributed by atoms with Gasteiger partial charge in [0.15, 0.2) is 5.58 Å². The van der Waals surface area contributed by atoms with Crippen molar-refractivity contribution >= 4 is 27.6 Å². The largest absolute Gasteiger partial charge is 0.495 e. The van der Waals surface area contributed by atoms with Crippen molar-refractivity contribution in [3.8, 4) is 5.75 Å². The zero-order valence-electron chi connectivity index (χ0n) is 11.4. The van der Waals surface area contributed by atoms with Crippen LogP contribution in [-0.4, -0.2) is 16.3 Å². The number of benzene rings is 2. The second kappa shape index (κ2) is 5.57. The Morgan fingerprint density at radius 1 is 1.24 bits per heavy atom. The Kier molecular flexibility index (Phi) is 3.62. The summed E-state index contributed by atoms with van der Waals surface area (Å²) in [4.78, 5) is 4.93. The zero-order valence-corrected chi connectivity index (χ0v) is 12.2. The lowest BCUT2D eigenvalue weighted by Gasteiger charge is -2.06.